The summed E-state index contributed by atoms with van der Waals surface area (Å²) in [5, 5.41) is 0. The smallest absolute Gasteiger partial charge is 0.263 e. The lowest BCUT2D eigenvalue weighted by Gasteiger charge is -2.26. The molecule has 1 fully saturated rings. The van der Waals surface area contributed by atoms with Crippen LogP contribution in [0.5, 0.6) is 5.75 Å². The number of amides is 1. The van der Waals surface area contributed by atoms with Crippen molar-refractivity contribution in [2.45, 2.75) is 64.4 Å². The summed E-state index contributed by atoms with van der Waals surface area (Å²) in [5.74, 6) is 1.03. The second-order valence-electron chi connectivity index (χ2n) is 6.54. The number of rotatable bonds is 4. The van der Waals surface area contributed by atoms with Gasteiger partial charge in [-0.05, 0) is 61.8 Å². The molecule has 1 saturated heterocycles. The molecule has 1 amide bonds. The van der Waals surface area contributed by atoms with E-state index in [4.69, 9.17) is 4.74 Å². The molecule has 0 bridgehead atoms. The quantitative estimate of drug-likeness (QED) is 0.848. The number of hydrogen-bond acceptors (Lipinski definition) is 2. The van der Waals surface area contributed by atoms with E-state index in [2.05, 4.69) is 12.1 Å². The van der Waals surface area contributed by atoms with Gasteiger partial charge in [-0.2, -0.15) is 0 Å². The molecule has 2 aliphatic rings. The summed E-state index contributed by atoms with van der Waals surface area (Å²) in [5.41, 5.74) is 2.84. The Hall–Kier alpha value is -1.51. The van der Waals surface area contributed by atoms with Crippen LogP contribution in [-0.2, 0) is 17.6 Å². The lowest BCUT2D eigenvalue weighted by molar-refractivity contribution is -0.138. The molecule has 0 aromatic heterocycles. The number of likely N-dealkylation sites (tertiary alicyclic amines) is 1. The molecule has 120 valence electrons. The first kappa shape index (κ1) is 15.4. The van der Waals surface area contributed by atoms with Gasteiger partial charge in [-0.1, -0.05) is 25.8 Å². The minimum Gasteiger partial charge on any atom is -0.481 e. The van der Waals surface area contributed by atoms with Crippen molar-refractivity contribution in [1.29, 1.82) is 0 Å². The van der Waals surface area contributed by atoms with Crippen LogP contribution in [0.1, 0.15) is 56.6 Å². The van der Waals surface area contributed by atoms with E-state index < -0.39 is 0 Å². The summed E-state index contributed by atoms with van der Waals surface area (Å²) in [6, 6.07) is 6.34. The summed E-state index contributed by atoms with van der Waals surface area (Å²) < 4.78 is 6.05. The Morgan fingerprint density at radius 3 is 2.55 bits per heavy atom. The van der Waals surface area contributed by atoms with E-state index in [1.54, 1.807) is 0 Å². The van der Waals surface area contributed by atoms with Gasteiger partial charge in [0.25, 0.3) is 5.91 Å². The van der Waals surface area contributed by atoms with Crippen LogP contribution in [-0.4, -0.2) is 30.0 Å². The summed E-state index contributed by atoms with van der Waals surface area (Å²) in [7, 11) is 0. The van der Waals surface area contributed by atoms with Gasteiger partial charge in [0.2, 0.25) is 0 Å². The SMILES string of the molecule is CCC(Oc1ccc2c(c1)CCC2)C(=O)N1CCCCCC1. The Morgan fingerprint density at radius 1 is 1.09 bits per heavy atom. The fourth-order valence-electron chi connectivity index (χ4n) is 3.59. The molecule has 0 radical (unpaired) electrons. The molecule has 1 unspecified atom stereocenters. The monoisotopic (exact) mass is 301 g/mol. The predicted molar refractivity (Wildman–Crippen MR) is 88.2 cm³/mol. The zero-order valence-electron chi connectivity index (χ0n) is 13.6. The molecule has 0 N–H and O–H groups in total. The number of carbonyl (C=O) groups is 1. The molecule has 22 heavy (non-hydrogen) atoms. The highest BCUT2D eigenvalue weighted by Gasteiger charge is 2.25. The third-order valence-electron chi connectivity index (χ3n) is 4.91. The average Bonchev–Trinajstić information content (AvgIpc) is 2.83. The van der Waals surface area contributed by atoms with Gasteiger partial charge < -0.3 is 9.64 Å². The van der Waals surface area contributed by atoms with E-state index >= 15 is 0 Å². The number of benzene rings is 1. The second kappa shape index (κ2) is 7.17. The first-order valence-corrected chi connectivity index (χ1v) is 8.85. The minimum absolute atomic E-state index is 0.171. The highest BCUT2D eigenvalue weighted by atomic mass is 16.5. The lowest BCUT2D eigenvalue weighted by atomic mass is 10.1. The second-order valence-corrected chi connectivity index (χ2v) is 6.54. The number of nitrogens with zero attached hydrogens (tertiary/aromatic N) is 1. The van der Waals surface area contributed by atoms with Gasteiger partial charge in [-0.3, -0.25) is 4.79 Å². The van der Waals surface area contributed by atoms with E-state index in [-0.39, 0.29) is 12.0 Å². The molecule has 3 rings (SSSR count). The predicted octanol–water partition coefficient (Wildman–Crippen LogP) is 3.74. The number of carbonyl (C=O) groups excluding carboxylic acids is 1. The zero-order valence-corrected chi connectivity index (χ0v) is 13.6. The summed E-state index contributed by atoms with van der Waals surface area (Å²) in [4.78, 5) is 14.7. The topological polar surface area (TPSA) is 29.5 Å². The van der Waals surface area contributed by atoms with Crippen molar-refractivity contribution in [2.75, 3.05) is 13.1 Å². The van der Waals surface area contributed by atoms with Crippen molar-refractivity contribution in [3.8, 4) is 5.75 Å². The van der Waals surface area contributed by atoms with Crippen LogP contribution in [0.4, 0.5) is 0 Å². The molecule has 1 aliphatic carbocycles. The van der Waals surface area contributed by atoms with Gasteiger partial charge in [0.05, 0.1) is 0 Å². The average molecular weight is 301 g/mol. The Kier molecular flexibility index (Phi) is 5.01. The molecule has 1 aromatic carbocycles. The third-order valence-corrected chi connectivity index (χ3v) is 4.91. The van der Waals surface area contributed by atoms with E-state index in [0.29, 0.717) is 0 Å². The Bertz CT molecular complexity index is 518. The number of fused-ring (bicyclic) bond motifs is 1. The van der Waals surface area contributed by atoms with Gasteiger partial charge in [0, 0.05) is 13.1 Å². The fraction of sp³-hybridized carbons (Fsp3) is 0.632. The lowest BCUT2D eigenvalue weighted by Crippen LogP contribution is -2.42. The first-order chi connectivity index (χ1) is 10.8. The van der Waals surface area contributed by atoms with Gasteiger partial charge in [-0.25, -0.2) is 0 Å². The van der Waals surface area contributed by atoms with Crippen molar-refractivity contribution in [2.24, 2.45) is 0 Å². The van der Waals surface area contributed by atoms with Crippen molar-refractivity contribution in [1.82, 2.24) is 4.90 Å². The van der Waals surface area contributed by atoms with E-state index in [1.807, 2.05) is 17.9 Å². The standard InChI is InChI=1S/C19H27NO2/c1-2-18(19(21)20-12-5-3-4-6-13-20)22-17-11-10-15-8-7-9-16(15)14-17/h10-11,14,18H,2-9,12-13H2,1H3. The largest absolute Gasteiger partial charge is 0.481 e. The molecule has 1 aromatic rings. The Labute approximate surface area is 133 Å². The minimum atomic E-state index is -0.336. The van der Waals surface area contributed by atoms with Gasteiger partial charge >= 0.3 is 0 Å². The molecular formula is C19H27NO2. The number of aryl methyl sites for hydroxylation is 2. The van der Waals surface area contributed by atoms with Gasteiger partial charge in [-0.15, -0.1) is 0 Å². The number of ether oxygens (including phenoxy) is 1. The molecule has 1 heterocycles. The van der Waals surface area contributed by atoms with Crippen LogP contribution in [0.2, 0.25) is 0 Å². The van der Waals surface area contributed by atoms with Gasteiger partial charge in [0.15, 0.2) is 6.10 Å². The summed E-state index contributed by atoms with van der Waals surface area (Å²) >= 11 is 0. The molecule has 1 aliphatic heterocycles. The number of hydrogen-bond donors (Lipinski definition) is 0. The molecule has 0 spiro atoms. The van der Waals surface area contributed by atoms with Crippen molar-refractivity contribution >= 4 is 5.91 Å². The van der Waals surface area contributed by atoms with Crippen molar-refractivity contribution < 1.29 is 9.53 Å². The maximum absolute atomic E-state index is 12.7. The van der Waals surface area contributed by atoms with Crippen LogP contribution in [0.3, 0.4) is 0 Å². The summed E-state index contributed by atoms with van der Waals surface area (Å²) in [6.45, 7) is 3.82. The zero-order chi connectivity index (χ0) is 15.4. The van der Waals surface area contributed by atoms with Crippen LogP contribution >= 0.6 is 0 Å². The van der Waals surface area contributed by atoms with E-state index in [9.17, 15) is 4.79 Å². The van der Waals surface area contributed by atoms with Crippen LogP contribution < -0.4 is 4.74 Å². The summed E-state index contributed by atoms with van der Waals surface area (Å²) in [6.07, 6.45) is 8.69. The van der Waals surface area contributed by atoms with Crippen molar-refractivity contribution in [3.63, 3.8) is 0 Å². The molecule has 3 heteroatoms. The van der Waals surface area contributed by atoms with Gasteiger partial charge in [0.1, 0.15) is 5.75 Å². The Balaban J connectivity index is 1.67. The Morgan fingerprint density at radius 2 is 1.82 bits per heavy atom. The van der Waals surface area contributed by atoms with Crippen LogP contribution in [0.15, 0.2) is 18.2 Å². The highest BCUT2D eigenvalue weighted by Crippen LogP contribution is 2.27. The van der Waals surface area contributed by atoms with E-state index in [0.717, 1.165) is 44.5 Å². The maximum atomic E-state index is 12.7. The first-order valence-electron chi connectivity index (χ1n) is 8.85. The molecule has 1 atom stereocenters. The van der Waals surface area contributed by atoms with Crippen LogP contribution in [0.25, 0.3) is 0 Å². The molecule has 3 nitrogen and oxygen atoms in total. The normalized spacial score (nSPS) is 19.4. The van der Waals surface area contributed by atoms with Crippen LogP contribution in [0, 0.1) is 0 Å². The van der Waals surface area contributed by atoms with E-state index in [1.165, 1.54) is 36.8 Å². The molecule has 0 saturated carbocycles. The highest BCUT2D eigenvalue weighted by molar-refractivity contribution is 5.81. The van der Waals surface area contributed by atoms with Crippen molar-refractivity contribution in [3.05, 3.63) is 29.3 Å². The molecular weight excluding hydrogens is 274 g/mol. The third kappa shape index (κ3) is 3.45. The fourth-order valence-corrected chi connectivity index (χ4v) is 3.59. The maximum Gasteiger partial charge on any atom is 0.263 e.